The van der Waals surface area contributed by atoms with E-state index in [1.807, 2.05) is 37.3 Å². The molecule has 2 aromatic rings. The van der Waals surface area contributed by atoms with Gasteiger partial charge in [0, 0.05) is 19.5 Å². The molecule has 0 fully saturated rings. The standard InChI is InChI=1S/C15H12Br2Cl2O/c1-8-5-14(20-2)11(7-12(8)17)15(19)10-6-9(16)3-4-13(10)18/h3-7,15H,1-2H3. The Hall–Kier alpha value is -0.220. The van der Waals surface area contributed by atoms with Crippen LogP contribution in [0, 0.1) is 6.92 Å². The van der Waals surface area contributed by atoms with E-state index in [4.69, 9.17) is 27.9 Å². The number of methoxy groups -OCH3 is 1. The highest BCUT2D eigenvalue weighted by molar-refractivity contribution is 9.10. The van der Waals surface area contributed by atoms with Crippen molar-refractivity contribution in [1.29, 1.82) is 0 Å². The fourth-order valence-electron chi connectivity index (χ4n) is 1.92. The second kappa shape index (κ2) is 6.69. The van der Waals surface area contributed by atoms with Gasteiger partial charge in [-0.25, -0.2) is 0 Å². The third kappa shape index (κ3) is 3.33. The highest BCUT2D eigenvalue weighted by atomic mass is 79.9. The lowest BCUT2D eigenvalue weighted by molar-refractivity contribution is 0.409. The fraction of sp³-hybridized carbons (Fsp3) is 0.200. The Morgan fingerprint density at radius 2 is 1.80 bits per heavy atom. The Morgan fingerprint density at radius 1 is 1.10 bits per heavy atom. The average molecular weight is 439 g/mol. The summed E-state index contributed by atoms with van der Waals surface area (Å²) in [7, 11) is 1.64. The molecule has 0 aliphatic heterocycles. The zero-order valence-corrected chi connectivity index (χ0v) is 15.6. The van der Waals surface area contributed by atoms with Gasteiger partial charge in [0.05, 0.1) is 12.5 Å². The smallest absolute Gasteiger partial charge is 0.124 e. The molecule has 106 valence electrons. The van der Waals surface area contributed by atoms with Gasteiger partial charge < -0.3 is 4.74 Å². The summed E-state index contributed by atoms with van der Waals surface area (Å²) in [6, 6.07) is 9.57. The number of halogens is 4. The molecule has 0 spiro atoms. The minimum atomic E-state index is -0.383. The molecule has 5 heteroatoms. The summed E-state index contributed by atoms with van der Waals surface area (Å²) in [6.07, 6.45) is 0. The molecule has 0 saturated heterocycles. The van der Waals surface area contributed by atoms with Gasteiger partial charge in [0.1, 0.15) is 5.75 Å². The van der Waals surface area contributed by atoms with E-state index >= 15 is 0 Å². The molecule has 0 aliphatic rings. The summed E-state index contributed by atoms with van der Waals surface area (Å²) in [5.41, 5.74) is 2.82. The highest BCUT2D eigenvalue weighted by Gasteiger charge is 2.20. The van der Waals surface area contributed by atoms with Crippen LogP contribution < -0.4 is 4.74 Å². The molecular formula is C15H12Br2Cl2O. The van der Waals surface area contributed by atoms with Crippen LogP contribution in [-0.4, -0.2) is 7.11 Å². The Kier molecular flexibility index (Phi) is 5.41. The van der Waals surface area contributed by atoms with Gasteiger partial charge in [0.25, 0.3) is 0 Å². The van der Waals surface area contributed by atoms with E-state index in [0.29, 0.717) is 5.02 Å². The largest absolute Gasteiger partial charge is 0.496 e. The van der Waals surface area contributed by atoms with Gasteiger partial charge in [0.15, 0.2) is 0 Å². The second-order valence-electron chi connectivity index (χ2n) is 4.37. The monoisotopic (exact) mass is 436 g/mol. The molecule has 0 radical (unpaired) electrons. The molecule has 0 heterocycles. The summed E-state index contributed by atoms with van der Waals surface area (Å²) in [6.45, 7) is 2.01. The van der Waals surface area contributed by atoms with Crippen LogP contribution in [0.4, 0.5) is 0 Å². The zero-order valence-electron chi connectivity index (χ0n) is 10.9. The van der Waals surface area contributed by atoms with Gasteiger partial charge in [-0.1, -0.05) is 43.5 Å². The minimum Gasteiger partial charge on any atom is -0.496 e. The molecule has 0 aliphatic carbocycles. The average Bonchev–Trinajstić information content (AvgIpc) is 2.43. The first-order chi connectivity index (χ1) is 9.43. The fourth-order valence-corrected chi connectivity index (χ4v) is 3.30. The van der Waals surface area contributed by atoms with E-state index in [-0.39, 0.29) is 5.38 Å². The van der Waals surface area contributed by atoms with E-state index in [1.54, 1.807) is 7.11 Å². The van der Waals surface area contributed by atoms with Gasteiger partial charge in [-0.15, -0.1) is 11.6 Å². The number of benzene rings is 2. The van der Waals surface area contributed by atoms with Gasteiger partial charge in [0.2, 0.25) is 0 Å². The van der Waals surface area contributed by atoms with Crippen molar-refractivity contribution in [1.82, 2.24) is 0 Å². The predicted molar refractivity (Wildman–Crippen MR) is 92.3 cm³/mol. The normalized spacial score (nSPS) is 12.3. The maximum absolute atomic E-state index is 6.61. The van der Waals surface area contributed by atoms with Crippen molar-refractivity contribution in [2.75, 3.05) is 7.11 Å². The van der Waals surface area contributed by atoms with Crippen molar-refractivity contribution in [3.05, 3.63) is 61.0 Å². The van der Waals surface area contributed by atoms with Crippen LogP contribution in [0.2, 0.25) is 5.02 Å². The molecule has 1 nitrogen and oxygen atoms in total. The lowest BCUT2D eigenvalue weighted by Gasteiger charge is -2.17. The van der Waals surface area contributed by atoms with Crippen LogP contribution in [0.3, 0.4) is 0 Å². The maximum atomic E-state index is 6.61. The van der Waals surface area contributed by atoms with Crippen molar-refractivity contribution in [3.8, 4) is 5.75 Å². The molecule has 0 amide bonds. The molecule has 1 unspecified atom stereocenters. The van der Waals surface area contributed by atoms with E-state index in [9.17, 15) is 0 Å². The van der Waals surface area contributed by atoms with Crippen molar-refractivity contribution < 1.29 is 4.74 Å². The van der Waals surface area contributed by atoms with Crippen LogP contribution in [0.5, 0.6) is 5.75 Å². The highest BCUT2D eigenvalue weighted by Crippen LogP contribution is 2.41. The van der Waals surface area contributed by atoms with Crippen LogP contribution >= 0.6 is 55.1 Å². The Labute approximate surface area is 145 Å². The van der Waals surface area contributed by atoms with Crippen LogP contribution in [-0.2, 0) is 0 Å². The molecule has 0 aromatic heterocycles. The van der Waals surface area contributed by atoms with Gasteiger partial charge >= 0.3 is 0 Å². The van der Waals surface area contributed by atoms with Crippen LogP contribution in [0.15, 0.2) is 39.3 Å². The van der Waals surface area contributed by atoms with Crippen molar-refractivity contribution in [2.24, 2.45) is 0 Å². The molecule has 2 aromatic carbocycles. The summed E-state index contributed by atoms with van der Waals surface area (Å²) < 4.78 is 7.36. The third-order valence-electron chi connectivity index (χ3n) is 3.02. The number of alkyl halides is 1. The first kappa shape index (κ1) is 16.2. The van der Waals surface area contributed by atoms with Gasteiger partial charge in [-0.2, -0.15) is 0 Å². The van der Waals surface area contributed by atoms with E-state index < -0.39 is 0 Å². The summed E-state index contributed by atoms with van der Waals surface area (Å²) in [5.74, 6) is 0.752. The van der Waals surface area contributed by atoms with Crippen molar-refractivity contribution in [3.63, 3.8) is 0 Å². The number of hydrogen-bond acceptors (Lipinski definition) is 1. The first-order valence-electron chi connectivity index (χ1n) is 5.87. The zero-order chi connectivity index (χ0) is 14.9. The molecule has 2 rings (SSSR count). The molecular weight excluding hydrogens is 427 g/mol. The Balaban J connectivity index is 2.55. The summed E-state index contributed by atoms with van der Waals surface area (Å²) >= 11 is 19.8. The summed E-state index contributed by atoms with van der Waals surface area (Å²) in [4.78, 5) is 0. The maximum Gasteiger partial charge on any atom is 0.124 e. The molecule has 0 saturated carbocycles. The minimum absolute atomic E-state index is 0.383. The number of rotatable bonds is 3. The van der Waals surface area contributed by atoms with Gasteiger partial charge in [-0.05, 0) is 48.4 Å². The molecule has 1 atom stereocenters. The number of ether oxygens (including phenoxy) is 1. The topological polar surface area (TPSA) is 9.23 Å². The summed E-state index contributed by atoms with van der Waals surface area (Å²) in [5, 5.41) is 0.249. The van der Waals surface area contributed by atoms with E-state index in [0.717, 1.165) is 31.4 Å². The molecule has 20 heavy (non-hydrogen) atoms. The van der Waals surface area contributed by atoms with Crippen molar-refractivity contribution >= 4 is 55.1 Å². The van der Waals surface area contributed by atoms with Crippen LogP contribution in [0.1, 0.15) is 22.1 Å². The lowest BCUT2D eigenvalue weighted by Crippen LogP contribution is -1.99. The predicted octanol–water partition coefficient (Wildman–Crippen LogP) is 6.51. The number of aryl methyl sites for hydroxylation is 1. The Morgan fingerprint density at radius 3 is 2.45 bits per heavy atom. The first-order valence-corrected chi connectivity index (χ1v) is 8.27. The quantitative estimate of drug-likeness (QED) is 0.496. The van der Waals surface area contributed by atoms with Crippen molar-refractivity contribution in [2.45, 2.75) is 12.3 Å². The lowest BCUT2D eigenvalue weighted by atomic mass is 10.0. The molecule has 0 bridgehead atoms. The van der Waals surface area contributed by atoms with E-state index in [1.165, 1.54) is 0 Å². The van der Waals surface area contributed by atoms with Gasteiger partial charge in [-0.3, -0.25) is 0 Å². The van der Waals surface area contributed by atoms with E-state index in [2.05, 4.69) is 31.9 Å². The number of hydrogen-bond donors (Lipinski definition) is 0. The SMILES string of the molecule is COc1cc(C)c(Br)cc1C(Cl)c1cc(Br)ccc1Cl. The third-order valence-corrected chi connectivity index (χ3v) is 5.18. The molecule has 0 N–H and O–H groups in total. The Bertz CT molecular complexity index is 644. The second-order valence-corrected chi connectivity index (χ2v) is 6.99. The van der Waals surface area contributed by atoms with Crippen LogP contribution in [0.25, 0.3) is 0 Å².